The zero-order valence-electron chi connectivity index (χ0n) is 19.2. The molecule has 0 amide bonds. The number of aliphatic hydroxyl groups excluding tert-OH is 1. The van der Waals surface area contributed by atoms with Crippen LogP contribution in [0.2, 0.25) is 0 Å². The lowest BCUT2D eigenvalue weighted by Crippen LogP contribution is -2.78. The largest absolute Gasteiger partial charge is 0.396 e. The third-order valence-electron chi connectivity index (χ3n) is 10.1. The van der Waals surface area contributed by atoms with E-state index >= 15 is 0 Å². The molecule has 0 aromatic carbocycles. The standard InChI is InChI=1S/C25H45N3O2/c1-23(2)22-18-7-8-20(14-29)25(22,27)15-24(12-18,30-23)19-5-3-4-16(11-19)10-17-6-9-21(26)28-13-17/h16-22,28-29H,3-15,26-27H2,1-2H3/t16-,17?,18-,19-,20-,21?,22-,24+,25-/m1/s1. The molecule has 3 saturated carbocycles. The summed E-state index contributed by atoms with van der Waals surface area (Å²) in [5.74, 6) is 3.50. The molecule has 6 aliphatic rings. The third kappa shape index (κ3) is 3.48. The summed E-state index contributed by atoms with van der Waals surface area (Å²) < 4.78 is 7.06. The number of nitrogens with one attached hydrogen (secondary N) is 1. The van der Waals surface area contributed by atoms with Gasteiger partial charge in [-0.1, -0.05) is 12.8 Å². The molecule has 0 spiro atoms. The summed E-state index contributed by atoms with van der Waals surface area (Å²) in [4.78, 5) is 0. The Morgan fingerprint density at radius 2 is 1.90 bits per heavy atom. The van der Waals surface area contributed by atoms with Crippen LogP contribution in [0.3, 0.4) is 0 Å². The van der Waals surface area contributed by atoms with Gasteiger partial charge in [0.25, 0.3) is 0 Å². The first-order valence-corrected chi connectivity index (χ1v) is 12.8. The van der Waals surface area contributed by atoms with E-state index in [1.807, 2.05) is 0 Å². The summed E-state index contributed by atoms with van der Waals surface area (Å²) in [5.41, 5.74) is 12.8. The van der Waals surface area contributed by atoms with Gasteiger partial charge in [-0.2, -0.15) is 0 Å². The highest BCUT2D eigenvalue weighted by atomic mass is 16.5. The van der Waals surface area contributed by atoms with E-state index in [1.165, 1.54) is 51.4 Å². The fourth-order valence-corrected chi connectivity index (χ4v) is 9.18. The van der Waals surface area contributed by atoms with Crippen LogP contribution in [-0.2, 0) is 4.74 Å². The van der Waals surface area contributed by atoms with Crippen molar-refractivity contribution in [3.05, 3.63) is 0 Å². The number of piperidine rings is 1. The maximum atomic E-state index is 10.2. The Balaban J connectivity index is 1.35. The lowest BCUT2D eigenvalue weighted by molar-refractivity contribution is -0.321. The van der Waals surface area contributed by atoms with Crippen LogP contribution in [0, 0.1) is 35.5 Å². The zero-order valence-corrected chi connectivity index (χ0v) is 19.2. The van der Waals surface area contributed by atoms with E-state index in [0.29, 0.717) is 17.8 Å². The predicted molar refractivity (Wildman–Crippen MR) is 120 cm³/mol. The Morgan fingerprint density at radius 1 is 1.07 bits per heavy atom. The molecule has 2 unspecified atom stereocenters. The lowest BCUT2D eigenvalue weighted by Gasteiger charge is -2.71. The first-order chi connectivity index (χ1) is 14.3. The van der Waals surface area contributed by atoms with Gasteiger partial charge in [0.2, 0.25) is 0 Å². The maximum absolute atomic E-state index is 10.2. The Hall–Kier alpha value is -0.200. The molecule has 6 fully saturated rings. The molecule has 0 radical (unpaired) electrons. The summed E-state index contributed by atoms with van der Waals surface area (Å²) in [7, 11) is 0. The topological polar surface area (TPSA) is 93.5 Å². The van der Waals surface area contributed by atoms with Crippen molar-refractivity contribution in [2.45, 2.75) is 107 Å². The second kappa shape index (κ2) is 7.69. The van der Waals surface area contributed by atoms with Crippen molar-refractivity contribution in [3.63, 3.8) is 0 Å². The highest BCUT2D eigenvalue weighted by molar-refractivity contribution is 5.21. The van der Waals surface area contributed by atoms with Gasteiger partial charge in [0, 0.05) is 24.0 Å². The number of hydrogen-bond acceptors (Lipinski definition) is 5. The summed E-state index contributed by atoms with van der Waals surface area (Å²) in [5, 5.41) is 13.7. The molecule has 0 aromatic heterocycles. The van der Waals surface area contributed by atoms with E-state index in [0.717, 1.165) is 37.6 Å². The highest BCUT2D eigenvalue weighted by Gasteiger charge is 2.69. The van der Waals surface area contributed by atoms with E-state index < -0.39 is 0 Å². The van der Waals surface area contributed by atoms with Crippen molar-refractivity contribution in [3.8, 4) is 0 Å². The van der Waals surface area contributed by atoms with Crippen molar-refractivity contribution in [1.82, 2.24) is 5.32 Å². The average Bonchev–Trinajstić information content (AvgIpc) is 2.68. The van der Waals surface area contributed by atoms with Crippen LogP contribution in [0.15, 0.2) is 0 Å². The Labute approximate surface area is 183 Å². The quantitative estimate of drug-likeness (QED) is 0.562. The van der Waals surface area contributed by atoms with Crippen molar-refractivity contribution in [2.75, 3.05) is 13.2 Å². The van der Waals surface area contributed by atoms with Crippen LogP contribution in [0.4, 0.5) is 0 Å². The van der Waals surface area contributed by atoms with Crippen LogP contribution in [0.1, 0.15) is 84.5 Å². The summed E-state index contributed by atoms with van der Waals surface area (Å²) in [6.07, 6.45) is 13.7. The third-order valence-corrected chi connectivity index (χ3v) is 10.1. The monoisotopic (exact) mass is 419 g/mol. The molecular weight excluding hydrogens is 374 g/mol. The van der Waals surface area contributed by atoms with Gasteiger partial charge in [0.15, 0.2) is 0 Å². The normalized spacial score (nSPS) is 52.9. The summed E-state index contributed by atoms with van der Waals surface area (Å²) in [6, 6.07) is 0. The van der Waals surface area contributed by atoms with E-state index in [1.54, 1.807) is 0 Å². The van der Waals surface area contributed by atoms with Gasteiger partial charge in [0.1, 0.15) is 0 Å². The zero-order chi connectivity index (χ0) is 21.1. The van der Waals surface area contributed by atoms with Gasteiger partial charge in [0.05, 0.1) is 17.4 Å². The molecule has 172 valence electrons. The fraction of sp³-hybridized carbons (Fsp3) is 1.00. The Bertz CT molecular complexity index is 634. The minimum atomic E-state index is -0.256. The molecule has 0 aromatic rings. The van der Waals surface area contributed by atoms with Gasteiger partial charge in [-0.05, 0) is 102 Å². The molecule has 5 heteroatoms. The molecule has 3 aliphatic heterocycles. The number of nitrogens with two attached hydrogens (primary N) is 2. The fourth-order valence-electron chi connectivity index (χ4n) is 9.18. The van der Waals surface area contributed by atoms with Crippen LogP contribution in [0.25, 0.3) is 0 Å². The van der Waals surface area contributed by atoms with Crippen molar-refractivity contribution < 1.29 is 9.84 Å². The van der Waals surface area contributed by atoms with Crippen molar-refractivity contribution >= 4 is 0 Å². The molecule has 3 saturated heterocycles. The highest BCUT2D eigenvalue weighted by Crippen LogP contribution is 2.65. The van der Waals surface area contributed by atoms with Gasteiger partial charge in [-0.25, -0.2) is 0 Å². The molecule has 3 heterocycles. The molecule has 6 rings (SSSR count). The summed E-state index contributed by atoms with van der Waals surface area (Å²) >= 11 is 0. The molecular formula is C25H45N3O2. The molecule has 3 aliphatic carbocycles. The predicted octanol–water partition coefficient (Wildman–Crippen LogP) is 3.14. The number of aliphatic hydroxyl groups is 1. The Kier molecular flexibility index (Phi) is 5.55. The molecule has 30 heavy (non-hydrogen) atoms. The van der Waals surface area contributed by atoms with Crippen LogP contribution in [0.5, 0.6) is 0 Å². The first-order valence-electron chi connectivity index (χ1n) is 12.8. The number of ether oxygens (including phenoxy) is 1. The van der Waals surface area contributed by atoms with Crippen LogP contribution in [-0.4, -0.2) is 41.2 Å². The number of hydrogen-bond donors (Lipinski definition) is 4. The summed E-state index contributed by atoms with van der Waals surface area (Å²) in [6.45, 7) is 5.90. The van der Waals surface area contributed by atoms with E-state index in [-0.39, 0.29) is 35.4 Å². The number of fused-ring (bicyclic) bond motifs is 1. The first kappa shape index (κ1) is 21.6. The average molecular weight is 420 g/mol. The molecule has 6 N–H and O–H groups in total. The minimum absolute atomic E-state index is 0.0721. The van der Waals surface area contributed by atoms with Crippen molar-refractivity contribution in [1.29, 1.82) is 0 Å². The maximum Gasteiger partial charge on any atom is 0.0738 e. The van der Waals surface area contributed by atoms with E-state index in [9.17, 15) is 5.11 Å². The van der Waals surface area contributed by atoms with Crippen LogP contribution < -0.4 is 16.8 Å². The Morgan fingerprint density at radius 3 is 2.63 bits per heavy atom. The second-order valence-corrected chi connectivity index (χ2v) is 12.4. The van der Waals surface area contributed by atoms with Gasteiger partial charge >= 0.3 is 0 Å². The SMILES string of the molecule is CC1(C)O[C@@]2([C@@H]3CCC[C@H](CC4CCC(N)NC4)C3)C[C@H]3CC[C@H](CO)[C@](N)(C2)[C@H]31. The van der Waals surface area contributed by atoms with Crippen molar-refractivity contribution in [2.24, 2.45) is 47.0 Å². The second-order valence-electron chi connectivity index (χ2n) is 12.4. The van der Waals surface area contributed by atoms with Gasteiger partial charge < -0.3 is 26.6 Å². The molecule has 4 bridgehead atoms. The molecule has 5 nitrogen and oxygen atoms in total. The van der Waals surface area contributed by atoms with Gasteiger partial charge in [-0.3, -0.25) is 0 Å². The number of rotatable bonds is 4. The van der Waals surface area contributed by atoms with Crippen LogP contribution >= 0.6 is 0 Å². The smallest absolute Gasteiger partial charge is 0.0738 e. The van der Waals surface area contributed by atoms with Gasteiger partial charge in [-0.15, -0.1) is 0 Å². The lowest BCUT2D eigenvalue weighted by atomic mass is 9.44. The minimum Gasteiger partial charge on any atom is -0.396 e. The van der Waals surface area contributed by atoms with E-state index in [2.05, 4.69) is 19.2 Å². The van der Waals surface area contributed by atoms with E-state index in [4.69, 9.17) is 16.2 Å². The molecule has 9 atom stereocenters.